The lowest BCUT2D eigenvalue weighted by Gasteiger charge is -2.31. The second-order valence-corrected chi connectivity index (χ2v) is 7.42. The number of nitrogens with one attached hydrogen (secondary N) is 1. The quantitative estimate of drug-likeness (QED) is 0.834. The van der Waals surface area contributed by atoms with Crippen molar-refractivity contribution in [2.75, 3.05) is 37.8 Å². The van der Waals surface area contributed by atoms with E-state index in [4.69, 9.17) is 4.74 Å². The van der Waals surface area contributed by atoms with Gasteiger partial charge in [0, 0.05) is 43.7 Å². The van der Waals surface area contributed by atoms with E-state index in [0.717, 1.165) is 44.0 Å². The second-order valence-electron chi connectivity index (χ2n) is 6.27. The van der Waals surface area contributed by atoms with Gasteiger partial charge in [-0.25, -0.2) is 0 Å². The molecule has 2 unspecified atom stereocenters. The molecule has 4 nitrogen and oxygen atoms in total. The topological polar surface area (TPSA) is 41.6 Å². The SMILES string of the molecule is Cl.O=C(CC1CSCCN1)N(CCc1ccccc1)C1CCOC1. The highest BCUT2D eigenvalue weighted by molar-refractivity contribution is 7.99. The molecule has 6 heteroatoms. The fourth-order valence-corrected chi connectivity index (χ4v) is 4.20. The Kier molecular flexibility index (Phi) is 8.39. The van der Waals surface area contributed by atoms with E-state index in [1.807, 2.05) is 17.8 Å². The summed E-state index contributed by atoms with van der Waals surface area (Å²) < 4.78 is 5.52. The zero-order valence-corrected chi connectivity index (χ0v) is 15.6. The summed E-state index contributed by atoms with van der Waals surface area (Å²) in [6.45, 7) is 3.26. The molecule has 2 fully saturated rings. The average Bonchev–Trinajstić information content (AvgIpc) is 3.11. The van der Waals surface area contributed by atoms with Gasteiger partial charge in [-0.3, -0.25) is 4.79 Å². The fraction of sp³-hybridized carbons (Fsp3) is 0.611. The van der Waals surface area contributed by atoms with Gasteiger partial charge in [0.1, 0.15) is 0 Å². The van der Waals surface area contributed by atoms with Crippen LogP contribution >= 0.6 is 24.2 Å². The molecule has 1 amide bonds. The molecule has 2 atom stereocenters. The van der Waals surface area contributed by atoms with Crippen LogP contribution in [0.25, 0.3) is 0 Å². The highest BCUT2D eigenvalue weighted by atomic mass is 35.5. The summed E-state index contributed by atoms with van der Waals surface area (Å²) in [4.78, 5) is 14.9. The summed E-state index contributed by atoms with van der Waals surface area (Å²) >= 11 is 1.94. The molecule has 2 aliphatic rings. The smallest absolute Gasteiger partial charge is 0.224 e. The summed E-state index contributed by atoms with van der Waals surface area (Å²) in [7, 11) is 0. The van der Waals surface area contributed by atoms with Crippen molar-refractivity contribution in [2.45, 2.75) is 31.3 Å². The Morgan fingerprint density at radius 3 is 2.83 bits per heavy atom. The van der Waals surface area contributed by atoms with Crippen LogP contribution in [0.1, 0.15) is 18.4 Å². The lowest BCUT2D eigenvalue weighted by Crippen LogP contribution is -2.46. The minimum absolute atomic E-state index is 0. The number of hydrogen-bond donors (Lipinski definition) is 1. The maximum Gasteiger partial charge on any atom is 0.224 e. The summed E-state index contributed by atoms with van der Waals surface area (Å²) in [6, 6.07) is 11.0. The molecule has 1 aromatic rings. The first-order valence-electron chi connectivity index (χ1n) is 8.55. The van der Waals surface area contributed by atoms with E-state index in [0.29, 0.717) is 19.1 Å². The molecule has 0 aliphatic carbocycles. The van der Waals surface area contributed by atoms with Gasteiger partial charge >= 0.3 is 0 Å². The molecule has 0 spiro atoms. The molecule has 134 valence electrons. The number of amides is 1. The lowest BCUT2D eigenvalue weighted by atomic mass is 10.1. The van der Waals surface area contributed by atoms with Crippen molar-refractivity contribution in [3.63, 3.8) is 0 Å². The Balaban J connectivity index is 0.00000208. The van der Waals surface area contributed by atoms with E-state index >= 15 is 0 Å². The van der Waals surface area contributed by atoms with E-state index in [9.17, 15) is 4.79 Å². The van der Waals surface area contributed by atoms with Crippen LogP contribution in [0, 0.1) is 0 Å². The molecule has 0 saturated carbocycles. The van der Waals surface area contributed by atoms with E-state index < -0.39 is 0 Å². The third-order valence-corrected chi connectivity index (χ3v) is 5.70. The van der Waals surface area contributed by atoms with Crippen LogP contribution in [-0.4, -0.2) is 60.7 Å². The molecule has 1 N–H and O–H groups in total. The van der Waals surface area contributed by atoms with Crippen LogP contribution in [-0.2, 0) is 16.0 Å². The summed E-state index contributed by atoms with van der Waals surface area (Å²) in [5.41, 5.74) is 1.29. The van der Waals surface area contributed by atoms with E-state index in [-0.39, 0.29) is 24.4 Å². The van der Waals surface area contributed by atoms with Gasteiger partial charge < -0.3 is 15.0 Å². The minimum atomic E-state index is 0. The van der Waals surface area contributed by atoms with Crippen LogP contribution in [0.5, 0.6) is 0 Å². The highest BCUT2D eigenvalue weighted by Crippen LogP contribution is 2.17. The molecule has 1 aromatic carbocycles. The van der Waals surface area contributed by atoms with Gasteiger partial charge in [0.15, 0.2) is 0 Å². The van der Waals surface area contributed by atoms with Crippen LogP contribution in [0.3, 0.4) is 0 Å². The van der Waals surface area contributed by atoms with Crippen molar-refractivity contribution in [3.8, 4) is 0 Å². The molecule has 0 radical (unpaired) electrons. The number of carbonyl (C=O) groups excluding carboxylic acids is 1. The molecule has 0 aromatic heterocycles. The number of hydrogen-bond acceptors (Lipinski definition) is 4. The number of carbonyl (C=O) groups is 1. The third kappa shape index (κ3) is 5.66. The van der Waals surface area contributed by atoms with Crippen LogP contribution in [0.15, 0.2) is 30.3 Å². The van der Waals surface area contributed by atoms with Crippen molar-refractivity contribution in [1.29, 1.82) is 0 Å². The highest BCUT2D eigenvalue weighted by Gasteiger charge is 2.29. The van der Waals surface area contributed by atoms with Crippen molar-refractivity contribution < 1.29 is 9.53 Å². The van der Waals surface area contributed by atoms with Gasteiger partial charge in [0.05, 0.1) is 12.6 Å². The predicted molar refractivity (Wildman–Crippen MR) is 102 cm³/mol. The molecule has 2 saturated heterocycles. The molecular formula is C18H27ClN2O2S. The first-order chi connectivity index (χ1) is 11.3. The second kappa shape index (κ2) is 10.3. The van der Waals surface area contributed by atoms with E-state index in [2.05, 4.69) is 34.5 Å². The summed E-state index contributed by atoms with van der Waals surface area (Å²) in [6.07, 6.45) is 2.49. The number of benzene rings is 1. The van der Waals surface area contributed by atoms with Gasteiger partial charge in [-0.1, -0.05) is 30.3 Å². The zero-order valence-electron chi connectivity index (χ0n) is 14.0. The Labute approximate surface area is 155 Å². The van der Waals surface area contributed by atoms with Crippen molar-refractivity contribution in [2.24, 2.45) is 0 Å². The van der Waals surface area contributed by atoms with Crippen molar-refractivity contribution in [3.05, 3.63) is 35.9 Å². The monoisotopic (exact) mass is 370 g/mol. The Hall–Kier alpha value is -0.750. The Bertz CT molecular complexity index is 491. The predicted octanol–water partition coefficient (Wildman–Crippen LogP) is 2.36. The van der Waals surface area contributed by atoms with Gasteiger partial charge in [0.25, 0.3) is 0 Å². The normalized spacial score (nSPS) is 23.5. The van der Waals surface area contributed by atoms with Gasteiger partial charge in [-0.05, 0) is 18.4 Å². The van der Waals surface area contributed by atoms with Crippen LogP contribution < -0.4 is 5.32 Å². The van der Waals surface area contributed by atoms with Crippen molar-refractivity contribution >= 4 is 30.1 Å². The van der Waals surface area contributed by atoms with Gasteiger partial charge in [-0.15, -0.1) is 12.4 Å². The fourth-order valence-electron chi connectivity index (χ4n) is 3.25. The number of halogens is 1. The number of ether oxygens (including phenoxy) is 1. The van der Waals surface area contributed by atoms with E-state index in [1.165, 1.54) is 5.56 Å². The Morgan fingerprint density at radius 1 is 1.33 bits per heavy atom. The van der Waals surface area contributed by atoms with Crippen LogP contribution in [0.2, 0.25) is 0 Å². The first-order valence-corrected chi connectivity index (χ1v) is 9.70. The lowest BCUT2D eigenvalue weighted by molar-refractivity contribution is -0.134. The maximum atomic E-state index is 12.8. The maximum absolute atomic E-state index is 12.8. The van der Waals surface area contributed by atoms with E-state index in [1.54, 1.807) is 0 Å². The van der Waals surface area contributed by atoms with Gasteiger partial charge in [-0.2, -0.15) is 11.8 Å². The number of nitrogens with zero attached hydrogens (tertiary/aromatic N) is 1. The average molecular weight is 371 g/mol. The molecule has 0 bridgehead atoms. The molecule has 3 rings (SSSR count). The molecular weight excluding hydrogens is 344 g/mol. The molecule has 24 heavy (non-hydrogen) atoms. The Morgan fingerprint density at radius 2 is 2.17 bits per heavy atom. The third-order valence-electron chi connectivity index (χ3n) is 4.57. The van der Waals surface area contributed by atoms with Crippen LogP contribution in [0.4, 0.5) is 0 Å². The first kappa shape index (κ1) is 19.6. The summed E-state index contributed by atoms with van der Waals surface area (Å²) in [5.74, 6) is 2.47. The molecule has 2 heterocycles. The number of thioether (sulfide) groups is 1. The summed E-state index contributed by atoms with van der Waals surface area (Å²) in [5, 5.41) is 3.47. The largest absolute Gasteiger partial charge is 0.379 e. The van der Waals surface area contributed by atoms with Gasteiger partial charge in [0.2, 0.25) is 5.91 Å². The minimum Gasteiger partial charge on any atom is -0.379 e. The van der Waals surface area contributed by atoms with Crippen molar-refractivity contribution in [1.82, 2.24) is 10.2 Å². The zero-order chi connectivity index (χ0) is 15.9. The molecule has 2 aliphatic heterocycles. The standard InChI is InChI=1S/C18H26N2O2S.ClH/c21-18(12-16-14-23-11-8-19-16)20(17-7-10-22-13-17)9-6-15-4-2-1-3-5-15;/h1-5,16-17,19H,6-14H2;1H. The number of rotatable bonds is 6.